The van der Waals surface area contributed by atoms with Gasteiger partial charge < -0.3 is 10.4 Å². The zero-order valence-electron chi connectivity index (χ0n) is 14.7. The third-order valence-electron chi connectivity index (χ3n) is 4.25. The van der Waals surface area contributed by atoms with Crippen molar-refractivity contribution in [2.45, 2.75) is 12.5 Å². The Morgan fingerprint density at radius 2 is 1.96 bits per heavy atom. The fraction of sp³-hybridized carbons (Fsp3) is 0.0909. The standard InChI is InChI=1S/C22H19ClN2O2/c1-3-5-14(4-2)12-20-22(27)25-19-11-8-16(23)13-18(19)21(24-20)15-6-9-17(26)10-7-15/h3-11,13,20,26H,1-2,12H2,(H,25,27)/b14-5+. The van der Waals surface area contributed by atoms with Gasteiger partial charge in [-0.1, -0.05) is 43.0 Å². The van der Waals surface area contributed by atoms with Crippen LogP contribution in [0.1, 0.15) is 17.5 Å². The number of nitrogens with zero attached hydrogens (tertiary/aromatic N) is 1. The highest BCUT2D eigenvalue weighted by Crippen LogP contribution is 2.29. The molecule has 2 aromatic carbocycles. The van der Waals surface area contributed by atoms with Gasteiger partial charge in [-0.3, -0.25) is 9.79 Å². The van der Waals surface area contributed by atoms with Crippen molar-refractivity contribution < 1.29 is 9.90 Å². The Bertz CT molecular complexity index is 959. The molecular weight excluding hydrogens is 360 g/mol. The zero-order chi connectivity index (χ0) is 19.4. The molecule has 27 heavy (non-hydrogen) atoms. The normalized spacial score (nSPS) is 16.6. The first-order valence-corrected chi connectivity index (χ1v) is 8.81. The summed E-state index contributed by atoms with van der Waals surface area (Å²) in [5.41, 5.74) is 3.66. The van der Waals surface area contributed by atoms with E-state index in [-0.39, 0.29) is 11.7 Å². The van der Waals surface area contributed by atoms with E-state index in [1.807, 2.05) is 6.08 Å². The van der Waals surface area contributed by atoms with Crippen LogP contribution in [-0.4, -0.2) is 22.8 Å². The number of phenols is 1. The average Bonchev–Trinajstić information content (AvgIpc) is 2.79. The fourth-order valence-electron chi connectivity index (χ4n) is 2.90. The quantitative estimate of drug-likeness (QED) is 0.727. The smallest absolute Gasteiger partial charge is 0.249 e. The summed E-state index contributed by atoms with van der Waals surface area (Å²) in [5.74, 6) is -0.0444. The molecule has 2 aromatic rings. The summed E-state index contributed by atoms with van der Waals surface area (Å²) in [7, 11) is 0. The van der Waals surface area contributed by atoms with Crippen LogP contribution in [0.25, 0.3) is 0 Å². The number of phenolic OH excluding ortho intramolecular Hbond substituents is 1. The Labute approximate surface area is 163 Å². The largest absolute Gasteiger partial charge is 0.508 e. The summed E-state index contributed by atoms with van der Waals surface area (Å²) in [6, 6.07) is 11.3. The predicted octanol–water partition coefficient (Wildman–Crippen LogP) is 4.89. The second kappa shape index (κ2) is 8.06. The molecule has 3 rings (SSSR count). The van der Waals surface area contributed by atoms with Crippen LogP contribution in [0.3, 0.4) is 0 Å². The van der Waals surface area contributed by atoms with Crippen LogP contribution in [0.4, 0.5) is 5.69 Å². The Morgan fingerprint density at radius 1 is 1.22 bits per heavy atom. The number of benzene rings is 2. The lowest BCUT2D eigenvalue weighted by Gasteiger charge is -2.12. The first kappa shape index (κ1) is 18.7. The minimum Gasteiger partial charge on any atom is -0.508 e. The number of carbonyl (C=O) groups excluding carboxylic acids is 1. The molecule has 0 saturated carbocycles. The van der Waals surface area contributed by atoms with Gasteiger partial charge in [0.15, 0.2) is 0 Å². The highest BCUT2D eigenvalue weighted by molar-refractivity contribution is 6.32. The maximum Gasteiger partial charge on any atom is 0.249 e. The molecule has 1 aliphatic rings. The number of allylic oxidation sites excluding steroid dienone is 3. The van der Waals surface area contributed by atoms with Gasteiger partial charge in [-0.15, -0.1) is 0 Å². The summed E-state index contributed by atoms with van der Waals surface area (Å²) in [6.45, 7) is 7.48. The van der Waals surface area contributed by atoms with Crippen molar-refractivity contribution in [1.82, 2.24) is 0 Å². The van der Waals surface area contributed by atoms with Crippen molar-refractivity contribution in [2.75, 3.05) is 5.32 Å². The highest BCUT2D eigenvalue weighted by atomic mass is 35.5. The number of hydrogen-bond acceptors (Lipinski definition) is 3. The van der Waals surface area contributed by atoms with Gasteiger partial charge in [0.2, 0.25) is 5.91 Å². The molecule has 5 heteroatoms. The molecule has 1 aliphatic heterocycles. The topological polar surface area (TPSA) is 61.7 Å². The number of hydrogen-bond donors (Lipinski definition) is 2. The Balaban J connectivity index is 2.14. The third kappa shape index (κ3) is 4.18. The molecule has 1 atom stereocenters. The van der Waals surface area contributed by atoms with Crippen molar-refractivity contribution in [3.63, 3.8) is 0 Å². The second-order valence-corrected chi connectivity index (χ2v) is 6.54. The van der Waals surface area contributed by atoms with E-state index in [1.165, 1.54) is 0 Å². The molecule has 1 unspecified atom stereocenters. The number of amides is 1. The van der Waals surface area contributed by atoms with Crippen LogP contribution in [0.5, 0.6) is 5.75 Å². The summed E-state index contributed by atoms with van der Waals surface area (Å²) in [4.78, 5) is 17.5. The number of halogens is 1. The molecule has 0 aromatic heterocycles. The van der Waals surface area contributed by atoms with E-state index >= 15 is 0 Å². The van der Waals surface area contributed by atoms with E-state index < -0.39 is 6.04 Å². The molecule has 0 saturated heterocycles. The van der Waals surface area contributed by atoms with Crippen molar-refractivity contribution in [3.8, 4) is 5.75 Å². The van der Waals surface area contributed by atoms with E-state index in [0.29, 0.717) is 22.8 Å². The van der Waals surface area contributed by atoms with E-state index in [1.54, 1.807) is 54.6 Å². The number of fused-ring (bicyclic) bond motifs is 1. The number of nitrogens with one attached hydrogen (secondary N) is 1. The Morgan fingerprint density at radius 3 is 2.63 bits per heavy atom. The molecule has 0 bridgehead atoms. The van der Waals surface area contributed by atoms with Gasteiger partial charge in [0.05, 0.1) is 11.4 Å². The molecule has 0 spiro atoms. The van der Waals surface area contributed by atoms with Gasteiger partial charge in [0.1, 0.15) is 11.8 Å². The first-order chi connectivity index (χ1) is 13.0. The van der Waals surface area contributed by atoms with Gasteiger partial charge in [-0.05, 0) is 48.0 Å². The molecule has 0 radical (unpaired) electrons. The van der Waals surface area contributed by atoms with Crippen LogP contribution in [0.2, 0.25) is 5.02 Å². The van der Waals surface area contributed by atoms with E-state index in [2.05, 4.69) is 18.5 Å². The number of anilines is 1. The lowest BCUT2D eigenvalue weighted by atomic mass is 10.00. The number of aromatic hydroxyl groups is 1. The summed E-state index contributed by atoms with van der Waals surface area (Å²) in [5, 5.41) is 13.1. The highest BCUT2D eigenvalue weighted by Gasteiger charge is 2.26. The average molecular weight is 379 g/mol. The number of benzodiazepines with no additional fused rings is 1. The number of rotatable bonds is 5. The maximum absolute atomic E-state index is 12.8. The van der Waals surface area contributed by atoms with Crippen molar-refractivity contribution in [3.05, 3.63) is 95.6 Å². The van der Waals surface area contributed by atoms with Crippen molar-refractivity contribution in [2.24, 2.45) is 4.99 Å². The van der Waals surface area contributed by atoms with Gasteiger partial charge in [0, 0.05) is 22.6 Å². The van der Waals surface area contributed by atoms with Crippen molar-refractivity contribution in [1.29, 1.82) is 0 Å². The molecule has 0 fully saturated rings. The zero-order valence-corrected chi connectivity index (χ0v) is 15.4. The van der Waals surface area contributed by atoms with E-state index in [9.17, 15) is 9.90 Å². The molecular formula is C22H19ClN2O2. The molecule has 1 amide bonds. The van der Waals surface area contributed by atoms with Gasteiger partial charge in [-0.2, -0.15) is 0 Å². The Hall–Kier alpha value is -3.11. The molecule has 1 heterocycles. The van der Waals surface area contributed by atoms with E-state index in [0.717, 1.165) is 16.7 Å². The van der Waals surface area contributed by atoms with Gasteiger partial charge in [-0.25, -0.2) is 0 Å². The lowest BCUT2D eigenvalue weighted by Crippen LogP contribution is -2.25. The summed E-state index contributed by atoms with van der Waals surface area (Å²) in [6.07, 6.45) is 5.56. The summed E-state index contributed by atoms with van der Waals surface area (Å²) < 4.78 is 0. The van der Waals surface area contributed by atoms with Crippen molar-refractivity contribution >= 4 is 28.9 Å². The first-order valence-electron chi connectivity index (χ1n) is 8.44. The minimum atomic E-state index is -0.635. The lowest BCUT2D eigenvalue weighted by molar-refractivity contribution is -0.117. The second-order valence-electron chi connectivity index (χ2n) is 6.11. The molecule has 136 valence electrons. The molecule has 4 nitrogen and oxygen atoms in total. The van der Waals surface area contributed by atoms with Gasteiger partial charge in [0.25, 0.3) is 0 Å². The summed E-state index contributed by atoms with van der Waals surface area (Å²) >= 11 is 6.19. The van der Waals surface area contributed by atoms with Crippen LogP contribution in [0, 0.1) is 0 Å². The van der Waals surface area contributed by atoms with Crippen LogP contribution in [-0.2, 0) is 4.79 Å². The molecule has 2 N–H and O–H groups in total. The Kier molecular flexibility index (Phi) is 5.57. The predicted molar refractivity (Wildman–Crippen MR) is 111 cm³/mol. The van der Waals surface area contributed by atoms with Crippen LogP contribution < -0.4 is 5.32 Å². The van der Waals surface area contributed by atoms with E-state index in [4.69, 9.17) is 16.6 Å². The van der Waals surface area contributed by atoms with Gasteiger partial charge >= 0.3 is 0 Å². The number of aliphatic imine (C=N–C) groups is 1. The monoisotopic (exact) mass is 378 g/mol. The van der Waals surface area contributed by atoms with Crippen LogP contribution >= 0.6 is 11.6 Å². The maximum atomic E-state index is 12.8. The SMILES string of the molecule is C=C/C=C(\C=C)CC1N=C(c2ccc(O)cc2)c2cc(Cl)ccc2NC1=O. The minimum absolute atomic E-state index is 0.160. The third-order valence-corrected chi connectivity index (χ3v) is 4.48. The van der Waals surface area contributed by atoms with Crippen LogP contribution in [0.15, 0.2) is 84.4 Å². The number of carbonyl (C=O) groups is 1. The fourth-order valence-corrected chi connectivity index (χ4v) is 3.08. The molecule has 0 aliphatic carbocycles.